The van der Waals surface area contributed by atoms with Crippen molar-refractivity contribution < 1.29 is 154 Å². The zero-order valence-electron chi connectivity index (χ0n) is 55.9. The zero-order valence-corrected chi connectivity index (χ0v) is 62.7. The van der Waals surface area contributed by atoms with Gasteiger partial charge in [-0.1, -0.05) is 33.1 Å². The zero-order chi connectivity index (χ0) is 71.9. The molecule has 0 aromatic heterocycles. The third kappa shape index (κ3) is 37.8. The lowest BCUT2D eigenvalue weighted by Crippen LogP contribution is -2.64. The van der Waals surface area contributed by atoms with Crippen molar-refractivity contribution >= 4 is 80.0 Å². The Labute approximate surface area is 589 Å². The molecular formula is C56H111NO32P4S4. The Kier molecular flexibility index (Phi) is 47.8. The number of carbonyl (C=O) groups is 1. The minimum Gasteiger partial charge on any atom is -0.394 e. The molecule has 3 rings (SSSR count). The molecular weight excluding hydrogens is 1450 g/mol. The van der Waals surface area contributed by atoms with Gasteiger partial charge in [0, 0.05) is 72.1 Å². The molecule has 3 aliphatic heterocycles. The number of ether oxygens (including phenoxy) is 10. The molecule has 0 radical (unpaired) electrons. The maximum Gasteiger partial charge on any atom is 0.324 e. The molecule has 3 heterocycles. The average molecular weight is 1560 g/mol. The molecule has 3 saturated heterocycles. The van der Waals surface area contributed by atoms with Crippen molar-refractivity contribution in [2.75, 3.05) is 146 Å². The fourth-order valence-electron chi connectivity index (χ4n) is 9.79. The van der Waals surface area contributed by atoms with Crippen LogP contribution in [0, 0.1) is 17.3 Å². The molecule has 97 heavy (non-hydrogen) atoms. The van der Waals surface area contributed by atoms with E-state index in [4.69, 9.17) is 131 Å². The van der Waals surface area contributed by atoms with Crippen molar-refractivity contribution in [3.8, 4) is 0 Å². The number of unbranched alkanes of at least 4 members (excludes halogenated alkanes) is 7. The second-order valence-electron chi connectivity index (χ2n) is 23.7. The monoisotopic (exact) mass is 1560 g/mol. The highest BCUT2D eigenvalue weighted by Crippen LogP contribution is 2.46. The Morgan fingerprint density at radius 1 is 0.392 bits per heavy atom. The van der Waals surface area contributed by atoms with E-state index in [2.05, 4.69) is 5.32 Å². The van der Waals surface area contributed by atoms with Gasteiger partial charge in [-0.25, -0.2) is 0 Å². The smallest absolute Gasteiger partial charge is 0.324 e. The van der Waals surface area contributed by atoms with Gasteiger partial charge in [-0.05, 0) is 118 Å². The molecule has 0 aliphatic carbocycles. The molecule has 0 aromatic rings. The van der Waals surface area contributed by atoms with Crippen molar-refractivity contribution in [2.45, 2.75) is 191 Å². The summed E-state index contributed by atoms with van der Waals surface area (Å²) in [6.45, 7) is -9.32. The summed E-state index contributed by atoms with van der Waals surface area (Å²) in [5.41, 5.74) is -0.928. The first kappa shape index (κ1) is 92.0. The molecule has 576 valence electrons. The summed E-state index contributed by atoms with van der Waals surface area (Å²) in [6.07, 6.45) is -6.31. The van der Waals surface area contributed by atoms with Crippen LogP contribution >= 0.6 is 26.9 Å². The van der Waals surface area contributed by atoms with Gasteiger partial charge in [0.2, 0.25) is 5.91 Å². The molecule has 3 aliphatic rings. The molecule has 41 heteroatoms. The minimum absolute atomic E-state index is 0.00154. The van der Waals surface area contributed by atoms with Crippen LogP contribution in [0.3, 0.4) is 0 Å². The molecule has 0 aromatic carbocycles. The van der Waals surface area contributed by atoms with E-state index >= 15 is 0 Å². The highest BCUT2D eigenvalue weighted by atomic mass is 32.5. The van der Waals surface area contributed by atoms with Gasteiger partial charge in [0.25, 0.3) is 0 Å². The van der Waals surface area contributed by atoms with Crippen LogP contribution in [-0.2, 0) is 136 Å². The highest BCUT2D eigenvalue weighted by Gasteiger charge is 2.46. The SMILES string of the molecule is COP(O)(=S)OCCCCCCCOCC(COCCCOP(O)(=S)OCCCCO[C@@H]1OC(CO)[C@H](O)[C@H](O)C1C)(COCCCOP(O)(=S)OCCCCO[C@@H]1OC(CO)[C@H](O)[C@H](O)C1C)COCCCOP(O)(=S)OCCCCO[C@@H]1OC(CO)[C@H](O)[C@H](O)C1NC(C)=O. The van der Waals surface area contributed by atoms with E-state index in [0.717, 1.165) is 19.3 Å². The van der Waals surface area contributed by atoms with E-state index in [9.17, 15) is 70.3 Å². The first-order valence-corrected chi connectivity index (χ1v) is 43.1. The van der Waals surface area contributed by atoms with Crippen LogP contribution in [0.1, 0.15) is 111 Å². The summed E-state index contributed by atoms with van der Waals surface area (Å²) in [5.74, 6) is -1.58. The van der Waals surface area contributed by atoms with E-state index in [1.165, 1.54) is 14.0 Å². The Morgan fingerprint density at radius 3 is 1.00 bits per heavy atom. The summed E-state index contributed by atoms with van der Waals surface area (Å²) in [5, 5.41) is 92.7. The van der Waals surface area contributed by atoms with Gasteiger partial charge >= 0.3 is 26.9 Å². The van der Waals surface area contributed by atoms with Crippen LogP contribution in [0.5, 0.6) is 0 Å². The second kappa shape index (κ2) is 50.4. The summed E-state index contributed by atoms with van der Waals surface area (Å²) in [7, 11) is 1.30. The molecule has 0 saturated carbocycles. The van der Waals surface area contributed by atoms with Crippen LogP contribution in [0.4, 0.5) is 0 Å². The largest absolute Gasteiger partial charge is 0.394 e. The third-order valence-electron chi connectivity index (χ3n) is 15.5. The molecule has 19 atom stereocenters. The lowest BCUT2D eigenvalue weighted by Gasteiger charge is -2.42. The molecule has 33 nitrogen and oxygen atoms in total. The van der Waals surface area contributed by atoms with Gasteiger partial charge in [0.05, 0.1) is 110 Å². The highest BCUT2D eigenvalue weighted by molar-refractivity contribution is 8.08. The number of hydrogen-bond acceptors (Lipinski definition) is 32. The van der Waals surface area contributed by atoms with Gasteiger partial charge in [-0.2, -0.15) is 0 Å². The quantitative estimate of drug-likeness (QED) is 0.0301. The van der Waals surface area contributed by atoms with E-state index < -0.39 is 150 Å². The van der Waals surface area contributed by atoms with Crippen LogP contribution in [0.15, 0.2) is 0 Å². The van der Waals surface area contributed by atoms with Gasteiger partial charge < -0.3 is 154 Å². The average Bonchev–Trinajstić information content (AvgIpc) is 0.850. The molecule has 14 N–H and O–H groups in total. The standard InChI is InChI=1S/C56H111NO32P4S4/c1-40-47(62)49(64)43(33-58)87-53(40)77-23-10-13-27-81-91(69,95)84-30-16-20-74-37-56(36-73-19-8-6-5-7-9-26-80-90(68,94)72-4,38-75-21-17-31-85-92(70,96)82-28-14-11-24-78-54-41(2)48(63)50(65)44(34-59)88-54)39-76-22-18-32-86-93(71,97)83-29-15-12-25-79-55-46(57-42(3)61)52(67)51(66)45(35-60)89-55/h40-41,43-55,58-60,62-67H,5-39H2,1-4H3,(H,57,61)(H,68,94)(H,69,95)(H,70,96)(H,71,97)/t40?,41?,43?,44?,45?,46?,47-,48-,49+,50+,51+,52-,53-,54-,55-,56?,90?,91?,92?,93?/m1/s1. The summed E-state index contributed by atoms with van der Waals surface area (Å²) >= 11 is 20.6. The third-order valence-corrected chi connectivity index (χ3v) is 22.1. The number of nitrogens with one attached hydrogen (secondary N) is 1. The molecule has 0 spiro atoms. The lowest BCUT2D eigenvalue weighted by atomic mass is 9.92. The molecule has 0 bridgehead atoms. The fraction of sp³-hybridized carbons (Fsp3) is 0.982. The normalized spacial score (nSPS) is 29.5. The Hall–Kier alpha value is 0.830. The number of aliphatic hydroxyl groups is 9. The maximum atomic E-state index is 11.8. The molecule has 10 unspecified atom stereocenters. The number of rotatable bonds is 58. The fourth-order valence-corrected chi connectivity index (χ4v) is 14.2. The van der Waals surface area contributed by atoms with Crippen molar-refractivity contribution in [2.24, 2.45) is 17.3 Å². The van der Waals surface area contributed by atoms with Crippen molar-refractivity contribution in [1.82, 2.24) is 5.32 Å². The van der Waals surface area contributed by atoms with Crippen molar-refractivity contribution in [3.05, 3.63) is 0 Å². The summed E-state index contributed by atoms with van der Waals surface area (Å²) in [4.78, 5) is 54.0. The van der Waals surface area contributed by atoms with Crippen molar-refractivity contribution in [3.63, 3.8) is 0 Å². The number of carbonyl (C=O) groups excluding carboxylic acids is 1. The van der Waals surface area contributed by atoms with E-state index in [1.54, 1.807) is 13.8 Å². The first-order valence-electron chi connectivity index (χ1n) is 32.8. The Morgan fingerprint density at radius 2 is 0.660 bits per heavy atom. The van der Waals surface area contributed by atoms with Gasteiger partial charge in [-0.15, -0.1) is 0 Å². The maximum absolute atomic E-state index is 11.8. The van der Waals surface area contributed by atoms with Crippen molar-refractivity contribution in [1.29, 1.82) is 0 Å². The van der Waals surface area contributed by atoms with Crippen LogP contribution < -0.4 is 5.32 Å². The lowest BCUT2D eigenvalue weighted by molar-refractivity contribution is -0.282. The second-order valence-corrected chi connectivity index (χ2v) is 35.2. The van der Waals surface area contributed by atoms with Gasteiger partial charge in [0.15, 0.2) is 18.9 Å². The van der Waals surface area contributed by atoms with Crippen LogP contribution in [-0.4, -0.2) is 297 Å². The number of hydrogen-bond donors (Lipinski definition) is 14. The van der Waals surface area contributed by atoms with Crippen LogP contribution in [0.2, 0.25) is 0 Å². The Bertz CT molecular complexity index is 2210. The number of amides is 1. The first-order chi connectivity index (χ1) is 46.1. The number of aliphatic hydroxyl groups excluding tert-OH is 9. The summed E-state index contributed by atoms with van der Waals surface area (Å²) < 4.78 is 102. The van der Waals surface area contributed by atoms with E-state index in [-0.39, 0.29) is 119 Å². The predicted octanol–water partition coefficient (Wildman–Crippen LogP) is 1.27. The predicted molar refractivity (Wildman–Crippen MR) is 362 cm³/mol. The van der Waals surface area contributed by atoms with Gasteiger partial charge in [-0.3, -0.25) is 4.79 Å². The van der Waals surface area contributed by atoms with Gasteiger partial charge in [0.1, 0.15) is 48.8 Å². The van der Waals surface area contributed by atoms with E-state index in [0.29, 0.717) is 70.8 Å². The molecule has 1 amide bonds. The summed E-state index contributed by atoms with van der Waals surface area (Å²) in [6, 6.07) is -1.10. The van der Waals surface area contributed by atoms with E-state index in [1.807, 2.05) is 0 Å². The van der Waals surface area contributed by atoms with Crippen LogP contribution in [0.25, 0.3) is 0 Å². The Balaban J connectivity index is 1.57. The minimum atomic E-state index is -3.70. The topological polar surface area (TPSA) is 458 Å². The molecule has 3 fully saturated rings.